The molecule has 218 valence electrons. The summed E-state index contributed by atoms with van der Waals surface area (Å²) < 4.78 is 5.42. The van der Waals surface area contributed by atoms with Gasteiger partial charge in [-0.1, -0.05) is 167 Å². The Morgan fingerprint density at radius 3 is 1.38 bits per heavy atom. The van der Waals surface area contributed by atoms with E-state index < -0.39 is 0 Å². The van der Waals surface area contributed by atoms with Crippen molar-refractivity contribution in [1.29, 1.82) is 0 Å². The van der Waals surface area contributed by atoms with Crippen LogP contribution < -0.4 is 0 Å². The summed E-state index contributed by atoms with van der Waals surface area (Å²) in [5, 5.41) is 0. The van der Waals surface area contributed by atoms with Crippen LogP contribution in [0.25, 0.3) is 0 Å². The van der Waals surface area contributed by atoms with E-state index in [1.807, 2.05) is 0 Å². The summed E-state index contributed by atoms with van der Waals surface area (Å²) >= 11 is 0. The highest BCUT2D eigenvalue weighted by atomic mass is 16.5. The Labute approximate surface area is 233 Å². The molecule has 0 aliphatic carbocycles. The fourth-order valence-corrected chi connectivity index (χ4v) is 4.80. The Hall–Kier alpha value is -1.05. The quantitative estimate of drug-likeness (QED) is 0.0537. The van der Waals surface area contributed by atoms with Crippen LogP contribution in [0.5, 0.6) is 0 Å². The maximum atomic E-state index is 11.9. The average molecular weight is 519 g/mol. The van der Waals surface area contributed by atoms with Crippen LogP contribution in [-0.2, 0) is 9.53 Å². The van der Waals surface area contributed by atoms with Gasteiger partial charge in [-0.05, 0) is 38.5 Å². The number of esters is 1. The highest BCUT2D eigenvalue weighted by Gasteiger charge is 2.02. The molecule has 0 spiro atoms. The fourth-order valence-electron chi connectivity index (χ4n) is 4.80. The van der Waals surface area contributed by atoms with E-state index in [1.54, 1.807) is 0 Å². The lowest BCUT2D eigenvalue weighted by atomic mass is 10.0. The number of rotatable bonds is 30. The molecular weight excluding hydrogens is 452 g/mol. The van der Waals surface area contributed by atoms with Gasteiger partial charge in [0.1, 0.15) is 0 Å². The van der Waals surface area contributed by atoms with Crippen molar-refractivity contribution in [3.63, 3.8) is 0 Å². The summed E-state index contributed by atoms with van der Waals surface area (Å²) in [6, 6.07) is 0. The summed E-state index contributed by atoms with van der Waals surface area (Å²) in [6.45, 7) is 5.15. The van der Waals surface area contributed by atoms with Gasteiger partial charge >= 0.3 is 5.97 Å². The molecule has 0 aromatic heterocycles. The van der Waals surface area contributed by atoms with E-state index >= 15 is 0 Å². The molecule has 0 saturated heterocycles. The number of carbonyl (C=O) groups excluding carboxylic acids is 1. The zero-order chi connectivity index (χ0) is 26.9. The second-order valence-electron chi connectivity index (χ2n) is 11.2. The van der Waals surface area contributed by atoms with Crippen LogP contribution in [-0.4, -0.2) is 12.6 Å². The van der Waals surface area contributed by atoms with Crippen LogP contribution in [0.3, 0.4) is 0 Å². The summed E-state index contributed by atoms with van der Waals surface area (Å²) in [5.41, 5.74) is 0. The molecule has 37 heavy (non-hydrogen) atoms. The summed E-state index contributed by atoms with van der Waals surface area (Å²) in [4.78, 5) is 11.9. The average Bonchev–Trinajstić information content (AvgIpc) is 2.90. The van der Waals surface area contributed by atoms with E-state index in [4.69, 9.17) is 4.74 Å². The van der Waals surface area contributed by atoms with E-state index in [1.165, 1.54) is 141 Å². The monoisotopic (exact) mass is 519 g/mol. The molecule has 0 bridgehead atoms. The van der Waals surface area contributed by atoms with Gasteiger partial charge in [-0.3, -0.25) is 4.79 Å². The van der Waals surface area contributed by atoms with Gasteiger partial charge in [0.05, 0.1) is 6.61 Å². The van der Waals surface area contributed by atoms with Gasteiger partial charge in [0.15, 0.2) is 0 Å². The van der Waals surface area contributed by atoms with Crippen LogP contribution in [0.2, 0.25) is 0 Å². The van der Waals surface area contributed by atoms with Gasteiger partial charge < -0.3 is 4.74 Å². The second-order valence-corrected chi connectivity index (χ2v) is 11.2. The minimum atomic E-state index is 0.0101. The molecular formula is C35H66O2. The first-order valence-electron chi connectivity index (χ1n) is 16.8. The molecule has 2 nitrogen and oxygen atoms in total. The van der Waals surface area contributed by atoms with E-state index in [-0.39, 0.29) is 5.97 Å². The van der Waals surface area contributed by atoms with Crippen LogP contribution in [0.1, 0.15) is 187 Å². The topological polar surface area (TPSA) is 26.3 Å². The SMILES string of the molecule is CCCC/C=C\C/C=C\CCCCCCCC(=O)OCCCCCCCCCCCCCCCCCC. The zero-order valence-electron chi connectivity index (χ0n) is 25.4. The molecule has 0 heterocycles. The van der Waals surface area contributed by atoms with Crippen molar-refractivity contribution in [3.8, 4) is 0 Å². The van der Waals surface area contributed by atoms with E-state index in [0.717, 1.165) is 25.7 Å². The van der Waals surface area contributed by atoms with Crippen molar-refractivity contribution in [3.05, 3.63) is 24.3 Å². The van der Waals surface area contributed by atoms with Gasteiger partial charge in [-0.2, -0.15) is 0 Å². The molecule has 0 aliphatic heterocycles. The molecule has 0 amide bonds. The summed E-state index contributed by atoms with van der Waals surface area (Å²) in [7, 11) is 0. The van der Waals surface area contributed by atoms with Crippen LogP contribution >= 0.6 is 0 Å². The lowest BCUT2D eigenvalue weighted by molar-refractivity contribution is -0.143. The predicted molar refractivity (Wildman–Crippen MR) is 165 cm³/mol. The van der Waals surface area contributed by atoms with Crippen LogP contribution in [0.4, 0.5) is 0 Å². The molecule has 0 aromatic carbocycles. The predicted octanol–water partition coefficient (Wildman–Crippen LogP) is 12.2. The lowest BCUT2D eigenvalue weighted by Gasteiger charge is -2.05. The van der Waals surface area contributed by atoms with Crippen molar-refractivity contribution >= 4 is 5.97 Å². The molecule has 0 aromatic rings. The van der Waals surface area contributed by atoms with Crippen molar-refractivity contribution in [2.75, 3.05) is 6.61 Å². The number of hydrogen-bond donors (Lipinski definition) is 0. The third-order valence-electron chi connectivity index (χ3n) is 7.34. The standard InChI is InChI=1S/C35H66O2/c1-3-5-7-9-11-13-15-17-19-20-22-24-26-28-30-32-34-37-35(36)33-31-29-27-25-23-21-18-16-14-12-10-8-6-4-2/h10,12,16,18H,3-9,11,13-15,17,19-34H2,1-2H3/b12-10-,18-16-. The lowest BCUT2D eigenvalue weighted by Crippen LogP contribution is -2.05. The number of hydrogen-bond acceptors (Lipinski definition) is 2. The van der Waals surface area contributed by atoms with Crippen molar-refractivity contribution in [2.45, 2.75) is 187 Å². The van der Waals surface area contributed by atoms with Gasteiger partial charge in [0.25, 0.3) is 0 Å². The maximum Gasteiger partial charge on any atom is 0.305 e. The molecule has 0 atom stereocenters. The molecule has 0 fully saturated rings. The Balaban J connectivity index is 3.21. The summed E-state index contributed by atoms with van der Waals surface area (Å²) in [6.07, 6.45) is 43.7. The smallest absolute Gasteiger partial charge is 0.305 e. The maximum absolute atomic E-state index is 11.9. The van der Waals surface area contributed by atoms with E-state index in [0.29, 0.717) is 13.0 Å². The molecule has 0 unspecified atom stereocenters. The Bertz CT molecular complexity index is 493. The largest absolute Gasteiger partial charge is 0.466 e. The molecule has 0 radical (unpaired) electrons. The normalized spacial score (nSPS) is 11.7. The fraction of sp³-hybridized carbons (Fsp3) is 0.857. The minimum absolute atomic E-state index is 0.0101. The van der Waals surface area contributed by atoms with Crippen LogP contribution in [0, 0.1) is 0 Å². The Morgan fingerprint density at radius 2 is 0.865 bits per heavy atom. The van der Waals surface area contributed by atoms with Gasteiger partial charge in [-0.15, -0.1) is 0 Å². The number of carbonyl (C=O) groups is 1. The van der Waals surface area contributed by atoms with Crippen molar-refractivity contribution in [1.82, 2.24) is 0 Å². The first-order valence-corrected chi connectivity index (χ1v) is 16.8. The van der Waals surface area contributed by atoms with E-state index in [2.05, 4.69) is 38.2 Å². The van der Waals surface area contributed by atoms with E-state index in [9.17, 15) is 4.79 Å². The number of ether oxygens (including phenoxy) is 1. The van der Waals surface area contributed by atoms with Crippen molar-refractivity contribution in [2.24, 2.45) is 0 Å². The highest BCUT2D eigenvalue weighted by Crippen LogP contribution is 2.14. The molecule has 0 aliphatic rings. The van der Waals surface area contributed by atoms with Gasteiger partial charge in [0.2, 0.25) is 0 Å². The third-order valence-corrected chi connectivity index (χ3v) is 7.34. The minimum Gasteiger partial charge on any atom is -0.466 e. The second kappa shape index (κ2) is 33.0. The number of allylic oxidation sites excluding steroid dienone is 4. The molecule has 0 rings (SSSR count). The first kappa shape index (κ1) is 35.9. The molecule has 0 saturated carbocycles. The van der Waals surface area contributed by atoms with Crippen LogP contribution in [0.15, 0.2) is 24.3 Å². The molecule has 0 N–H and O–H groups in total. The molecule has 2 heteroatoms. The van der Waals surface area contributed by atoms with Gasteiger partial charge in [0, 0.05) is 6.42 Å². The highest BCUT2D eigenvalue weighted by molar-refractivity contribution is 5.69. The van der Waals surface area contributed by atoms with Crippen molar-refractivity contribution < 1.29 is 9.53 Å². The summed E-state index contributed by atoms with van der Waals surface area (Å²) in [5.74, 6) is 0.0101. The third kappa shape index (κ3) is 32.9. The Kier molecular flexibility index (Phi) is 32.0. The zero-order valence-corrected chi connectivity index (χ0v) is 25.4. The first-order chi connectivity index (χ1) is 18.3. The Morgan fingerprint density at radius 1 is 0.459 bits per heavy atom. The number of unbranched alkanes of at least 4 members (excludes halogenated alkanes) is 22. The van der Waals surface area contributed by atoms with Gasteiger partial charge in [-0.25, -0.2) is 0 Å².